The van der Waals surface area contributed by atoms with Gasteiger partial charge in [0.2, 0.25) is 17.7 Å². The number of thioether (sulfide) groups is 1. The molecule has 40 heavy (non-hydrogen) atoms. The summed E-state index contributed by atoms with van der Waals surface area (Å²) in [6.07, 6.45) is 1.82. The number of amides is 3. The van der Waals surface area contributed by atoms with Crippen LogP contribution in [0.1, 0.15) is 37.7 Å². The monoisotopic (exact) mass is 581 g/mol. The molecule has 0 aliphatic heterocycles. The molecule has 1 aromatic rings. The molecule has 4 atom stereocenters. The first-order chi connectivity index (χ1) is 18.9. The van der Waals surface area contributed by atoms with Gasteiger partial charge in [-0.15, -0.1) is 0 Å². The van der Waals surface area contributed by atoms with E-state index in [1.807, 2.05) is 6.26 Å². The molecule has 0 bridgehead atoms. The number of nitrogens with zero attached hydrogens (tertiary/aromatic N) is 1. The maximum atomic E-state index is 13.4. The molecule has 0 fully saturated rings. The number of aliphatic carboxylic acids is 2. The van der Waals surface area contributed by atoms with E-state index in [1.54, 1.807) is 30.3 Å². The molecule has 1 rings (SSSR count). The third-order valence-corrected chi connectivity index (χ3v) is 6.37. The molecule has 0 spiro atoms. The van der Waals surface area contributed by atoms with Crippen LogP contribution in [-0.2, 0) is 30.4 Å². The van der Waals surface area contributed by atoms with Crippen molar-refractivity contribution >= 4 is 47.4 Å². The number of rotatable bonds is 19. The van der Waals surface area contributed by atoms with Crippen molar-refractivity contribution in [3.8, 4) is 0 Å². The number of benzene rings is 1. The summed E-state index contributed by atoms with van der Waals surface area (Å²) < 4.78 is 0. The van der Waals surface area contributed by atoms with Crippen molar-refractivity contribution in [2.45, 2.75) is 62.7 Å². The van der Waals surface area contributed by atoms with Crippen molar-refractivity contribution < 1.29 is 34.2 Å². The lowest BCUT2D eigenvalue weighted by Gasteiger charge is -2.25. The SMILES string of the molecule is CSCCC(N)C(=O)NC(Cc1ccccc1)C(=O)NC(CCCN=C(N)N)C(=O)NC(CCC(=O)O)C(=O)O. The van der Waals surface area contributed by atoms with E-state index in [0.717, 1.165) is 5.56 Å². The predicted molar refractivity (Wildman–Crippen MR) is 151 cm³/mol. The number of nitrogens with two attached hydrogens (primary N) is 3. The van der Waals surface area contributed by atoms with Gasteiger partial charge in [-0.2, -0.15) is 11.8 Å². The highest BCUT2D eigenvalue weighted by atomic mass is 32.2. The number of carboxylic acid groups (broad SMARTS) is 2. The highest BCUT2D eigenvalue weighted by molar-refractivity contribution is 7.98. The molecule has 15 heteroatoms. The van der Waals surface area contributed by atoms with Crippen LogP contribution in [0.25, 0.3) is 0 Å². The molecule has 3 amide bonds. The van der Waals surface area contributed by atoms with Crippen LogP contribution in [0, 0.1) is 0 Å². The van der Waals surface area contributed by atoms with Gasteiger partial charge in [0.15, 0.2) is 5.96 Å². The Hall–Kier alpha value is -3.85. The molecule has 222 valence electrons. The third-order valence-electron chi connectivity index (χ3n) is 5.73. The van der Waals surface area contributed by atoms with E-state index in [-0.39, 0.29) is 38.2 Å². The van der Waals surface area contributed by atoms with Crippen molar-refractivity contribution in [1.29, 1.82) is 0 Å². The zero-order valence-electron chi connectivity index (χ0n) is 22.4. The second-order valence-electron chi connectivity index (χ2n) is 8.98. The van der Waals surface area contributed by atoms with Gasteiger partial charge in [0.25, 0.3) is 0 Å². The maximum Gasteiger partial charge on any atom is 0.326 e. The molecular weight excluding hydrogens is 542 g/mol. The lowest BCUT2D eigenvalue weighted by Crippen LogP contribution is -2.57. The first-order valence-corrected chi connectivity index (χ1v) is 14.0. The van der Waals surface area contributed by atoms with Crippen molar-refractivity contribution in [2.24, 2.45) is 22.2 Å². The molecule has 0 aliphatic rings. The predicted octanol–water partition coefficient (Wildman–Crippen LogP) is -1.23. The van der Waals surface area contributed by atoms with Crippen LogP contribution in [-0.4, -0.2) is 88.6 Å². The molecule has 0 aliphatic carbocycles. The molecule has 0 aromatic heterocycles. The van der Waals surface area contributed by atoms with E-state index in [9.17, 15) is 29.1 Å². The largest absolute Gasteiger partial charge is 0.481 e. The first kappa shape index (κ1) is 34.2. The fourth-order valence-corrected chi connectivity index (χ4v) is 4.05. The smallest absolute Gasteiger partial charge is 0.326 e. The van der Waals surface area contributed by atoms with E-state index in [2.05, 4.69) is 20.9 Å². The van der Waals surface area contributed by atoms with Gasteiger partial charge in [-0.25, -0.2) is 4.79 Å². The molecule has 4 unspecified atom stereocenters. The van der Waals surface area contributed by atoms with Crippen molar-refractivity contribution in [3.63, 3.8) is 0 Å². The fourth-order valence-electron chi connectivity index (χ4n) is 3.56. The highest BCUT2D eigenvalue weighted by Gasteiger charge is 2.30. The second kappa shape index (κ2) is 18.4. The average Bonchev–Trinajstić information content (AvgIpc) is 2.90. The standard InChI is InChI=1S/C25H39N7O7S/c1-40-13-11-16(26)21(35)32-19(14-15-6-3-2-4-7-15)23(37)30-17(8-5-12-29-25(27)28)22(36)31-18(24(38)39)9-10-20(33)34/h2-4,6-7,16-19H,5,8-14,26H2,1H3,(H,30,37)(H,31,36)(H,32,35)(H,33,34)(H,38,39)(H4,27,28,29). The van der Waals surface area contributed by atoms with Crippen molar-refractivity contribution in [3.05, 3.63) is 35.9 Å². The topological polar surface area (TPSA) is 252 Å². The molecule has 0 saturated carbocycles. The minimum atomic E-state index is -1.49. The van der Waals surface area contributed by atoms with Gasteiger partial charge < -0.3 is 43.4 Å². The number of hydrogen-bond acceptors (Lipinski definition) is 8. The number of aliphatic imine (C=N–C) groups is 1. The molecule has 0 heterocycles. The number of nitrogens with one attached hydrogen (secondary N) is 3. The van der Waals surface area contributed by atoms with E-state index < -0.39 is 60.2 Å². The fraction of sp³-hybridized carbons (Fsp3) is 0.520. The van der Waals surface area contributed by atoms with Crippen LogP contribution in [0.2, 0.25) is 0 Å². The number of carbonyl (C=O) groups excluding carboxylic acids is 3. The number of hydrogen-bond donors (Lipinski definition) is 8. The summed E-state index contributed by atoms with van der Waals surface area (Å²) in [5.74, 6) is -4.21. The van der Waals surface area contributed by atoms with E-state index >= 15 is 0 Å². The zero-order chi connectivity index (χ0) is 30.1. The number of guanidine groups is 1. The number of carboxylic acids is 2. The molecule has 11 N–H and O–H groups in total. The Labute approximate surface area is 236 Å². The summed E-state index contributed by atoms with van der Waals surface area (Å²) in [5.41, 5.74) is 17.4. The van der Waals surface area contributed by atoms with Crippen LogP contribution < -0.4 is 33.2 Å². The molecule has 14 nitrogen and oxygen atoms in total. The van der Waals surface area contributed by atoms with E-state index in [1.165, 1.54) is 11.8 Å². The van der Waals surface area contributed by atoms with Crippen LogP contribution in [0.3, 0.4) is 0 Å². The second-order valence-corrected chi connectivity index (χ2v) is 9.97. The Morgan fingerprint density at radius 2 is 1.48 bits per heavy atom. The van der Waals surface area contributed by atoms with E-state index in [0.29, 0.717) is 12.2 Å². The van der Waals surface area contributed by atoms with E-state index in [4.69, 9.17) is 22.3 Å². The normalized spacial score (nSPS) is 13.7. The zero-order valence-corrected chi connectivity index (χ0v) is 23.2. The summed E-state index contributed by atoms with van der Waals surface area (Å²) in [4.78, 5) is 65.5. The molecule has 0 radical (unpaired) electrons. The Balaban J connectivity index is 3.13. The minimum absolute atomic E-state index is 0.0267. The van der Waals surface area contributed by atoms with Crippen LogP contribution >= 0.6 is 11.8 Å². The van der Waals surface area contributed by atoms with Gasteiger partial charge in [-0.1, -0.05) is 30.3 Å². The summed E-state index contributed by atoms with van der Waals surface area (Å²) in [6, 6.07) is 4.25. The Morgan fingerprint density at radius 1 is 0.875 bits per heavy atom. The lowest BCUT2D eigenvalue weighted by atomic mass is 10.0. The summed E-state index contributed by atoms with van der Waals surface area (Å²) >= 11 is 1.53. The number of carbonyl (C=O) groups is 5. The van der Waals surface area contributed by atoms with Crippen molar-refractivity contribution in [1.82, 2.24) is 16.0 Å². The van der Waals surface area contributed by atoms with Gasteiger partial charge >= 0.3 is 11.9 Å². The van der Waals surface area contributed by atoms with Gasteiger partial charge in [0, 0.05) is 19.4 Å². The third kappa shape index (κ3) is 13.8. The summed E-state index contributed by atoms with van der Waals surface area (Å²) in [6.45, 7) is 0.137. The summed E-state index contributed by atoms with van der Waals surface area (Å²) in [5, 5.41) is 25.9. The Morgan fingerprint density at radius 3 is 2.05 bits per heavy atom. The maximum absolute atomic E-state index is 13.4. The lowest BCUT2D eigenvalue weighted by molar-refractivity contribution is -0.143. The van der Waals surface area contributed by atoms with Gasteiger partial charge in [-0.05, 0) is 43.3 Å². The highest BCUT2D eigenvalue weighted by Crippen LogP contribution is 2.08. The molecule has 0 saturated heterocycles. The molecular formula is C25H39N7O7S. The minimum Gasteiger partial charge on any atom is -0.481 e. The average molecular weight is 582 g/mol. The van der Waals surface area contributed by atoms with Gasteiger partial charge in [0.05, 0.1) is 6.04 Å². The quantitative estimate of drug-likeness (QED) is 0.0545. The van der Waals surface area contributed by atoms with Gasteiger partial charge in [0.1, 0.15) is 18.1 Å². The van der Waals surface area contributed by atoms with Crippen LogP contribution in [0.5, 0.6) is 0 Å². The Bertz CT molecular complexity index is 1020. The Kier molecular flexibility index (Phi) is 15.8. The van der Waals surface area contributed by atoms with Crippen LogP contribution in [0.15, 0.2) is 35.3 Å². The molecule has 1 aromatic carbocycles. The van der Waals surface area contributed by atoms with Gasteiger partial charge in [-0.3, -0.25) is 24.2 Å². The van der Waals surface area contributed by atoms with Crippen LogP contribution in [0.4, 0.5) is 0 Å². The first-order valence-electron chi connectivity index (χ1n) is 12.6. The van der Waals surface area contributed by atoms with Crippen molar-refractivity contribution in [2.75, 3.05) is 18.6 Å². The summed E-state index contributed by atoms with van der Waals surface area (Å²) in [7, 11) is 0.